The molecule has 0 atom stereocenters. The van der Waals surface area contributed by atoms with Crippen LogP contribution in [0.4, 0.5) is 0 Å². The monoisotopic (exact) mass is 560 g/mol. The fraction of sp³-hybridized carbons (Fsp3) is 0.500. The van der Waals surface area contributed by atoms with Gasteiger partial charge in [-0.05, 0) is 135 Å². The van der Waals surface area contributed by atoms with E-state index in [1.807, 2.05) is 0 Å². The molecule has 3 nitrogen and oxygen atoms in total. The molecule has 0 aromatic carbocycles. The largest absolute Gasteiger partial charge is 0.303 e. The molecule has 0 unspecified atom stereocenters. The Kier molecular flexibility index (Phi) is 7.37. The smallest absolute Gasteiger partial charge is 0.185 e. The van der Waals surface area contributed by atoms with Crippen LogP contribution in [0, 0.1) is 0 Å². The Balaban J connectivity index is 1.35. The predicted octanol–water partition coefficient (Wildman–Crippen LogP) is 8.90. The summed E-state index contributed by atoms with van der Waals surface area (Å²) in [6.45, 7) is 18.1. The number of hydrogen-bond donors (Lipinski definition) is 2. The van der Waals surface area contributed by atoms with E-state index in [1.54, 1.807) is 22.7 Å². The van der Waals surface area contributed by atoms with Crippen LogP contribution in [0.15, 0.2) is 47.6 Å². The molecule has 0 spiro atoms. The van der Waals surface area contributed by atoms with Crippen LogP contribution in [-0.4, -0.2) is 27.9 Å². The number of hydrogen-bond acceptors (Lipinski definition) is 5. The number of carbonyl (C=O) groups is 1. The van der Waals surface area contributed by atoms with Crippen molar-refractivity contribution in [1.29, 1.82) is 0 Å². The van der Waals surface area contributed by atoms with Crippen molar-refractivity contribution in [3.8, 4) is 0 Å². The first kappa shape index (κ1) is 28.5. The molecule has 5 rings (SSSR count). The highest BCUT2D eigenvalue weighted by atomic mass is 32.1. The van der Waals surface area contributed by atoms with Gasteiger partial charge in [-0.2, -0.15) is 0 Å². The lowest BCUT2D eigenvalue weighted by Crippen LogP contribution is -2.54. The third kappa shape index (κ3) is 6.48. The fourth-order valence-electron chi connectivity index (χ4n) is 6.76. The Morgan fingerprint density at radius 2 is 1.36 bits per heavy atom. The Morgan fingerprint density at radius 3 is 1.95 bits per heavy atom. The number of carbonyl (C=O) groups excluding carboxylic acids is 1. The maximum Gasteiger partial charge on any atom is 0.185 e. The summed E-state index contributed by atoms with van der Waals surface area (Å²) in [5, 5.41) is 7.52. The number of thiophene rings is 2. The molecule has 2 aromatic rings. The quantitative estimate of drug-likeness (QED) is 0.367. The third-order valence-corrected chi connectivity index (χ3v) is 10.1. The first-order valence-corrected chi connectivity index (χ1v) is 15.9. The summed E-state index contributed by atoms with van der Waals surface area (Å²) in [6, 6.07) is 8.81. The molecule has 208 valence electrons. The van der Waals surface area contributed by atoms with Gasteiger partial charge in [-0.1, -0.05) is 12.2 Å². The van der Waals surface area contributed by atoms with E-state index in [0.717, 1.165) is 48.1 Å². The van der Waals surface area contributed by atoms with Gasteiger partial charge in [0, 0.05) is 52.8 Å². The maximum absolute atomic E-state index is 13.5. The summed E-state index contributed by atoms with van der Waals surface area (Å²) < 4.78 is 0. The van der Waals surface area contributed by atoms with Crippen molar-refractivity contribution in [2.24, 2.45) is 0 Å². The predicted molar refractivity (Wildman–Crippen MR) is 171 cm³/mol. The van der Waals surface area contributed by atoms with Gasteiger partial charge in [0.15, 0.2) is 5.78 Å². The van der Waals surface area contributed by atoms with E-state index in [2.05, 4.69) is 115 Å². The second-order valence-corrected chi connectivity index (χ2v) is 16.2. The van der Waals surface area contributed by atoms with E-state index in [-0.39, 0.29) is 27.9 Å². The van der Waals surface area contributed by atoms with Gasteiger partial charge in [-0.15, -0.1) is 22.7 Å². The zero-order chi connectivity index (χ0) is 28.2. The van der Waals surface area contributed by atoms with Gasteiger partial charge in [0.1, 0.15) is 0 Å². The molecular weight excluding hydrogens is 517 g/mol. The van der Waals surface area contributed by atoms with E-state index < -0.39 is 0 Å². The van der Waals surface area contributed by atoms with E-state index in [0.29, 0.717) is 0 Å². The molecule has 4 heterocycles. The van der Waals surface area contributed by atoms with Gasteiger partial charge in [-0.25, -0.2) is 0 Å². The Bertz CT molecular complexity index is 1400. The Labute approximate surface area is 243 Å². The molecule has 0 saturated heterocycles. The van der Waals surface area contributed by atoms with E-state index in [4.69, 9.17) is 0 Å². The van der Waals surface area contributed by atoms with Crippen LogP contribution in [0.25, 0.3) is 23.3 Å². The zero-order valence-electron chi connectivity index (χ0n) is 24.9. The molecule has 0 bridgehead atoms. The van der Waals surface area contributed by atoms with Gasteiger partial charge in [0.25, 0.3) is 0 Å². The van der Waals surface area contributed by atoms with E-state index in [1.165, 1.54) is 25.8 Å². The molecule has 2 N–H and O–H groups in total. The lowest BCUT2D eigenvalue weighted by atomic mass is 9.82. The van der Waals surface area contributed by atoms with Crippen molar-refractivity contribution in [2.45, 2.75) is 110 Å². The van der Waals surface area contributed by atoms with Gasteiger partial charge in [0.2, 0.25) is 0 Å². The standard InChI is InChI=1S/C34H44N2OS2/c1-31(2)17-16-27(34(7,8)36-31)29-15-13-26(39-29)19-23-11-9-10-22(30(23)37)18-25-12-14-28(38-25)24-20-32(3,4)35-33(5,6)21-24/h12-16,18-20,35-36H,9-11,17,21H2,1-8H3/b22-18-,23-19+. The molecule has 1 fully saturated rings. The summed E-state index contributed by atoms with van der Waals surface area (Å²) in [7, 11) is 0. The van der Waals surface area contributed by atoms with Crippen LogP contribution in [0.2, 0.25) is 0 Å². The van der Waals surface area contributed by atoms with Crippen molar-refractivity contribution < 1.29 is 4.79 Å². The average Bonchev–Trinajstić information content (AvgIpc) is 3.43. The zero-order valence-corrected chi connectivity index (χ0v) is 26.5. The van der Waals surface area contributed by atoms with Crippen LogP contribution >= 0.6 is 22.7 Å². The van der Waals surface area contributed by atoms with Crippen molar-refractivity contribution in [1.82, 2.24) is 10.6 Å². The van der Waals surface area contributed by atoms with Crippen LogP contribution in [-0.2, 0) is 4.79 Å². The van der Waals surface area contributed by atoms with E-state index >= 15 is 0 Å². The third-order valence-electron chi connectivity index (χ3n) is 7.91. The van der Waals surface area contributed by atoms with Crippen molar-refractivity contribution in [2.75, 3.05) is 0 Å². The average molecular weight is 561 g/mol. The van der Waals surface area contributed by atoms with Crippen LogP contribution in [0.1, 0.15) is 107 Å². The number of nitrogens with one attached hydrogen (secondary N) is 2. The normalized spacial score (nSPS) is 26.0. The summed E-state index contributed by atoms with van der Waals surface area (Å²) in [5.41, 5.74) is 4.70. The van der Waals surface area contributed by atoms with E-state index in [9.17, 15) is 4.79 Å². The summed E-state index contributed by atoms with van der Waals surface area (Å²) >= 11 is 3.60. The molecule has 0 amide bonds. The highest BCUT2D eigenvalue weighted by Crippen LogP contribution is 2.40. The molecule has 2 aromatic heterocycles. The Hall–Kier alpha value is -2.05. The minimum Gasteiger partial charge on any atom is -0.303 e. The highest BCUT2D eigenvalue weighted by molar-refractivity contribution is 7.14. The van der Waals surface area contributed by atoms with Crippen molar-refractivity contribution >= 4 is 51.8 Å². The van der Waals surface area contributed by atoms with Gasteiger partial charge in [0.05, 0.1) is 0 Å². The molecule has 3 aliphatic rings. The molecule has 2 aliphatic heterocycles. The summed E-state index contributed by atoms with van der Waals surface area (Å²) in [4.78, 5) is 18.5. The number of Topliss-reactive ketones (excluding diaryl/α,β-unsaturated/α-hetero) is 1. The van der Waals surface area contributed by atoms with Crippen LogP contribution in [0.3, 0.4) is 0 Å². The van der Waals surface area contributed by atoms with Crippen molar-refractivity contribution in [3.05, 3.63) is 67.1 Å². The van der Waals surface area contributed by atoms with Gasteiger partial charge < -0.3 is 10.6 Å². The number of ketones is 1. The molecule has 5 heteroatoms. The lowest BCUT2D eigenvalue weighted by molar-refractivity contribution is -0.112. The second kappa shape index (κ2) is 10.1. The fourth-order valence-corrected chi connectivity index (χ4v) is 8.92. The van der Waals surface area contributed by atoms with Crippen molar-refractivity contribution in [3.63, 3.8) is 0 Å². The maximum atomic E-state index is 13.5. The molecule has 39 heavy (non-hydrogen) atoms. The second-order valence-electron chi connectivity index (χ2n) is 14.0. The molecular formula is C34H44N2OS2. The minimum atomic E-state index is -0.0805. The molecule has 1 aliphatic carbocycles. The summed E-state index contributed by atoms with van der Waals surface area (Å²) in [5.74, 6) is 0.218. The van der Waals surface area contributed by atoms with Gasteiger partial charge >= 0.3 is 0 Å². The molecule has 1 saturated carbocycles. The summed E-state index contributed by atoms with van der Waals surface area (Å²) in [6.07, 6.45) is 13.8. The first-order chi connectivity index (χ1) is 18.1. The van der Waals surface area contributed by atoms with Gasteiger partial charge in [-0.3, -0.25) is 4.79 Å². The lowest BCUT2D eigenvalue weighted by Gasteiger charge is -2.42. The van der Waals surface area contributed by atoms with Crippen LogP contribution in [0.5, 0.6) is 0 Å². The minimum absolute atomic E-state index is 0.0310. The molecule has 0 radical (unpaired) electrons. The number of allylic oxidation sites excluding steroid dienone is 2. The SMILES string of the molecule is CC1(C)C=C(c2ccc(/C=C3/CCC/C(=C\c4ccc(C5=CCC(C)(C)NC5(C)C)s4)C3=O)s2)CC(C)(C)N1. The Morgan fingerprint density at radius 1 is 0.769 bits per heavy atom. The highest BCUT2D eigenvalue weighted by Gasteiger charge is 2.35. The van der Waals surface area contributed by atoms with Crippen LogP contribution < -0.4 is 10.6 Å². The first-order valence-electron chi connectivity index (χ1n) is 14.3. The number of rotatable bonds is 4. The topological polar surface area (TPSA) is 41.1 Å².